The SMILES string of the molecule is O=C(Nc1ncccc1Cl)c1ccc(F)cc1Br. The fourth-order valence-electron chi connectivity index (χ4n) is 1.33. The summed E-state index contributed by atoms with van der Waals surface area (Å²) in [7, 11) is 0. The zero-order valence-electron chi connectivity index (χ0n) is 8.95. The predicted molar refractivity (Wildman–Crippen MR) is 71.3 cm³/mol. The molecule has 1 heterocycles. The van der Waals surface area contributed by atoms with Gasteiger partial charge in [0, 0.05) is 10.7 Å². The van der Waals surface area contributed by atoms with E-state index in [4.69, 9.17) is 11.6 Å². The summed E-state index contributed by atoms with van der Waals surface area (Å²) in [4.78, 5) is 15.9. The molecule has 0 aliphatic heterocycles. The molecule has 1 aromatic carbocycles. The van der Waals surface area contributed by atoms with Crippen LogP contribution in [0.25, 0.3) is 0 Å². The average Bonchev–Trinajstić information content (AvgIpc) is 2.32. The molecule has 6 heteroatoms. The molecule has 18 heavy (non-hydrogen) atoms. The highest BCUT2D eigenvalue weighted by molar-refractivity contribution is 9.10. The normalized spacial score (nSPS) is 10.2. The Morgan fingerprint density at radius 2 is 2.17 bits per heavy atom. The molecule has 2 rings (SSSR count). The summed E-state index contributed by atoms with van der Waals surface area (Å²) in [6, 6.07) is 7.08. The van der Waals surface area contributed by atoms with Crippen LogP contribution >= 0.6 is 27.5 Å². The second kappa shape index (κ2) is 5.46. The minimum absolute atomic E-state index is 0.264. The Hall–Kier alpha value is -1.46. The van der Waals surface area contributed by atoms with Crippen LogP contribution in [0, 0.1) is 5.82 Å². The zero-order valence-corrected chi connectivity index (χ0v) is 11.3. The summed E-state index contributed by atoms with van der Waals surface area (Å²) in [5.41, 5.74) is 0.304. The van der Waals surface area contributed by atoms with Crippen molar-refractivity contribution in [3.8, 4) is 0 Å². The molecule has 0 atom stereocenters. The van der Waals surface area contributed by atoms with Crippen LogP contribution in [0.15, 0.2) is 41.0 Å². The van der Waals surface area contributed by atoms with Gasteiger partial charge in [-0.05, 0) is 46.3 Å². The van der Waals surface area contributed by atoms with Crippen LogP contribution in [0.3, 0.4) is 0 Å². The number of benzene rings is 1. The van der Waals surface area contributed by atoms with Crippen molar-refractivity contribution in [2.45, 2.75) is 0 Å². The highest BCUT2D eigenvalue weighted by Gasteiger charge is 2.12. The minimum Gasteiger partial charge on any atom is -0.305 e. The van der Waals surface area contributed by atoms with Crippen LogP contribution in [0.1, 0.15) is 10.4 Å². The molecule has 3 nitrogen and oxygen atoms in total. The second-order valence-electron chi connectivity index (χ2n) is 3.41. The molecular weight excluding hydrogens is 322 g/mol. The first-order chi connectivity index (χ1) is 8.58. The molecule has 0 aliphatic rings. The van der Waals surface area contributed by atoms with Crippen molar-refractivity contribution >= 4 is 39.3 Å². The van der Waals surface area contributed by atoms with Crippen LogP contribution in [0.4, 0.5) is 10.2 Å². The minimum atomic E-state index is -0.422. The highest BCUT2D eigenvalue weighted by atomic mass is 79.9. The molecular formula is C12H7BrClFN2O. The number of halogens is 3. The molecule has 0 fully saturated rings. The van der Waals surface area contributed by atoms with E-state index in [1.165, 1.54) is 24.4 Å². The molecule has 1 N–H and O–H groups in total. The maximum atomic E-state index is 12.9. The summed E-state index contributed by atoms with van der Waals surface area (Å²) in [6.45, 7) is 0. The maximum Gasteiger partial charge on any atom is 0.258 e. The molecule has 0 radical (unpaired) electrons. The fraction of sp³-hybridized carbons (Fsp3) is 0. The van der Waals surface area contributed by atoms with Gasteiger partial charge in [-0.25, -0.2) is 9.37 Å². The molecule has 2 aromatic rings. The van der Waals surface area contributed by atoms with E-state index >= 15 is 0 Å². The van der Waals surface area contributed by atoms with Gasteiger partial charge in [-0.2, -0.15) is 0 Å². The largest absolute Gasteiger partial charge is 0.305 e. The van der Waals surface area contributed by atoms with E-state index in [1.807, 2.05) is 0 Å². The standard InChI is InChI=1S/C12H7BrClFN2O/c13-9-6-7(15)3-4-8(9)12(18)17-11-10(14)2-1-5-16-11/h1-6H,(H,16,17,18). The van der Waals surface area contributed by atoms with Crippen molar-refractivity contribution in [2.24, 2.45) is 0 Å². The molecule has 92 valence electrons. The lowest BCUT2D eigenvalue weighted by atomic mass is 10.2. The van der Waals surface area contributed by atoms with E-state index in [0.717, 1.165) is 0 Å². The molecule has 1 amide bonds. The molecule has 0 saturated heterocycles. The molecule has 1 aromatic heterocycles. The van der Waals surface area contributed by atoms with Crippen LogP contribution in [-0.4, -0.2) is 10.9 Å². The number of rotatable bonds is 2. The van der Waals surface area contributed by atoms with Crippen LogP contribution in [-0.2, 0) is 0 Å². The number of pyridine rings is 1. The van der Waals surface area contributed by atoms with E-state index < -0.39 is 11.7 Å². The van der Waals surface area contributed by atoms with Crippen LogP contribution in [0.5, 0.6) is 0 Å². The van der Waals surface area contributed by atoms with Crippen molar-refractivity contribution in [3.63, 3.8) is 0 Å². The summed E-state index contributed by atoms with van der Waals surface area (Å²) in [6.07, 6.45) is 1.52. The number of aromatic nitrogens is 1. The predicted octanol–water partition coefficient (Wildman–Crippen LogP) is 3.89. The van der Waals surface area contributed by atoms with Crippen molar-refractivity contribution < 1.29 is 9.18 Å². The van der Waals surface area contributed by atoms with Gasteiger partial charge in [-0.3, -0.25) is 4.79 Å². The Kier molecular flexibility index (Phi) is 3.93. The molecule has 0 unspecified atom stereocenters. The van der Waals surface area contributed by atoms with Gasteiger partial charge < -0.3 is 5.32 Å². The molecule has 0 bridgehead atoms. The highest BCUT2D eigenvalue weighted by Crippen LogP contribution is 2.22. The number of carbonyl (C=O) groups is 1. The number of amides is 1. The number of carbonyl (C=O) groups excluding carboxylic acids is 1. The zero-order chi connectivity index (χ0) is 13.1. The number of hydrogen-bond acceptors (Lipinski definition) is 2. The van der Waals surface area contributed by atoms with E-state index in [-0.39, 0.29) is 5.82 Å². The van der Waals surface area contributed by atoms with Crippen molar-refractivity contribution in [2.75, 3.05) is 5.32 Å². The topological polar surface area (TPSA) is 42.0 Å². The monoisotopic (exact) mass is 328 g/mol. The first-order valence-electron chi connectivity index (χ1n) is 4.95. The smallest absolute Gasteiger partial charge is 0.258 e. The van der Waals surface area contributed by atoms with Gasteiger partial charge in [0.05, 0.1) is 10.6 Å². The van der Waals surface area contributed by atoms with Crippen LogP contribution in [0.2, 0.25) is 5.02 Å². The van der Waals surface area contributed by atoms with E-state index in [9.17, 15) is 9.18 Å². The Balaban J connectivity index is 2.25. The summed E-state index contributed by atoms with van der Waals surface area (Å²) >= 11 is 9.00. The van der Waals surface area contributed by atoms with E-state index in [1.54, 1.807) is 12.1 Å². The van der Waals surface area contributed by atoms with Crippen molar-refractivity contribution in [1.82, 2.24) is 4.98 Å². The molecule has 0 saturated carbocycles. The Bertz CT molecular complexity index is 606. The van der Waals surface area contributed by atoms with Crippen molar-refractivity contribution in [1.29, 1.82) is 0 Å². The third-order valence-corrected chi connectivity index (χ3v) is 3.13. The molecule has 0 spiro atoms. The van der Waals surface area contributed by atoms with Gasteiger partial charge in [0.2, 0.25) is 0 Å². The number of hydrogen-bond donors (Lipinski definition) is 1. The summed E-state index contributed by atoms with van der Waals surface area (Å²) in [5.74, 6) is -0.572. The Morgan fingerprint density at radius 3 is 2.83 bits per heavy atom. The van der Waals surface area contributed by atoms with Gasteiger partial charge in [0.1, 0.15) is 5.82 Å². The molecule has 0 aliphatic carbocycles. The van der Waals surface area contributed by atoms with Gasteiger partial charge >= 0.3 is 0 Å². The van der Waals surface area contributed by atoms with E-state index in [2.05, 4.69) is 26.2 Å². The third kappa shape index (κ3) is 2.86. The number of nitrogens with one attached hydrogen (secondary N) is 1. The van der Waals surface area contributed by atoms with E-state index in [0.29, 0.717) is 15.1 Å². The second-order valence-corrected chi connectivity index (χ2v) is 4.67. The summed E-state index contributed by atoms with van der Waals surface area (Å²) in [5, 5.41) is 2.89. The van der Waals surface area contributed by atoms with Gasteiger partial charge in [0.25, 0.3) is 5.91 Å². The van der Waals surface area contributed by atoms with Crippen molar-refractivity contribution in [3.05, 3.63) is 57.4 Å². The Labute approximate surface area is 116 Å². The number of anilines is 1. The van der Waals surface area contributed by atoms with Gasteiger partial charge in [-0.15, -0.1) is 0 Å². The quantitative estimate of drug-likeness (QED) is 0.908. The fourth-order valence-corrected chi connectivity index (χ4v) is 2.03. The number of nitrogens with zero attached hydrogens (tertiary/aromatic N) is 1. The first kappa shape index (κ1) is 13.0. The Morgan fingerprint density at radius 1 is 1.39 bits per heavy atom. The third-order valence-electron chi connectivity index (χ3n) is 2.17. The lowest BCUT2D eigenvalue weighted by molar-refractivity contribution is 0.102. The van der Waals surface area contributed by atoms with Crippen LogP contribution < -0.4 is 5.32 Å². The van der Waals surface area contributed by atoms with Gasteiger partial charge in [-0.1, -0.05) is 11.6 Å². The van der Waals surface area contributed by atoms with Gasteiger partial charge in [0.15, 0.2) is 5.82 Å². The first-order valence-corrected chi connectivity index (χ1v) is 6.12. The lowest BCUT2D eigenvalue weighted by Gasteiger charge is -2.07. The maximum absolute atomic E-state index is 12.9. The summed E-state index contributed by atoms with van der Waals surface area (Å²) < 4.78 is 13.3. The average molecular weight is 330 g/mol. The lowest BCUT2D eigenvalue weighted by Crippen LogP contribution is -2.14.